The predicted molar refractivity (Wildman–Crippen MR) is 73.4 cm³/mol. The molecule has 1 aromatic carbocycles. The molecule has 1 fully saturated rings. The molecule has 3 heteroatoms. The van der Waals surface area contributed by atoms with Crippen LogP contribution in [-0.2, 0) is 6.42 Å². The highest BCUT2D eigenvalue weighted by atomic mass is 16.5. The minimum atomic E-state index is 0.443. The molecule has 1 aromatic rings. The van der Waals surface area contributed by atoms with E-state index in [-0.39, 0.29) is 0 Å². The fourth-order valence-electron chi connectivity index (χ4n) is 2.71. The molecule has 2 N–H and O–H groups in total. The van der Waals surface area contributed by atoms with Gasteiger partial charge in [-0.1, -0.05) is 0 Å². The molecule has 1 saturated heterocycles. The highest BCUT2D eigenvalue weighted by molar-refractivity contribution is 5.52. The van der Waals surface area contributed by atoms with Gasteiger partial charge in [0.25, 0.3) is 0 Å². The standard InChI is InChI=1S/C15H23NO2/c1-10-11(2)15(17)13(8-14(10)18-3)7-12-5-4-6-16-9-12/h8,12,16-17H,4-7,9H2,1-3H3. The van der Waals surface area contributed by atoms with Crippen LogP contribution in [0, 0.1) is 19.8 Å². The highest BCUT2D eigenvalue weighted by Crippen LogP contribution is 2.34. The molecule has 2 rings (SSSR count). The third-order valence-electron chi connectivity index (χ3n) is 4.02. The van der Waals surface area contributed by atoms with Gasteiger partial charge in [0.05, 0.1) is 7.11 Å². The molecule has 0 amide bonds. The molecule has 1 aliphatic heterocycles. The Morgan fingerprint density at radius 3 is 2.78 bits per heavy atom. The van der Waals surface area contributed by atoms with Crippen LogP contribution >= 0.6 is 0 Å². The van der Waals surface area contributed by atoms with Gasteiger partial charge in [0.2, 0.25) is 0 Å². The number of rotatable bonds is 3. The van der Waals surface area contributed by atoms with Gasteiger partial charge in [0.1, 0.15) is 11.5 Å². The zero-order valence-electron chi connectivity index (χ0n) is 11.5. The number of ether oxygens (including phenoxy) is 1. The van der Waals surface area contributed by atoms with Crippen molar-refractivity contribution in [2.75, 3.05) is 20.2 Å². The van der Waals surface area contributed by atoms with Gasteiger partial charge in [-0.15, -0.1) is 0 Å². The largest absolute Gasteiger partial charge is 0.507 e. The lowest BCUT2D eigenvalue weighted by Crippen LogP contribution is -2.30. The van der Waals surface area contributed by atoms with Gasteiger partial charge in [-0.2, -0.15) is 0 Å². The third kappa shape index (κ3) is 2.61. The van der Waals surface area contributed by atoms with E-state index in [9.17, 15) is 5.11 Å². The first kappa shape index (κ1) is 13.2. The lowest BCUT2D eigenvalue weighted by Gasteiger charge is -2.24. The number of piperidine rings is 1. The first-order valence-corrected chi connectivity index (χ1v) is 6.70. The Morgan fingerprint density at radius 2 is 2.17 bits per heavy atom. The zero-order valence-corrected chi connectivity index (χ0v) is 11.5. The van der Waals surface area contributed by atoms with Crippen LogP contribution in [0.25, 0.3) is 0 Å². The molecule has 0 spiro atoms. The number of hydrogen-bond acceptors (Lipinski definition) is 3. The van der Waals surface area contributed by atoms with Crippen molar-refractivity contribution in [2.24, 2.45) is 5.92 Å². The average Bonchev–Trinajstić information content (AvgIpc) is 2.40. The Morgan fingerprint density at radius 1 is 1.39 bits per heavy atom. The fraction of sp³-hybridized carbons (Fsp3) is 0.600. The molecule has 100 valence electrons. The summed E-state index contributed by atoms with van der Waals surface area (Å²) in [5.41, 5.74) is 2.98. The summed E-state index contributed by atoms with van der Waals surface area (Å²) in [6.07, 6.45) is 3.39. The number of hydrogen-bond donors (Lipinski definition) is 2. The van der Waals surface area contributed by atoms with E-state index in [0.29, 0.717) is 11.7 Å². The molecule has 1 heterocycles. The Bertz CT molecular complexity index is 423. The first-order valence-electron chi connectivity index (χ1n) is 6.70. The number of phenolic OH excluding ortho intramolecular Hbond substituents is 1. The molecule has 18 heavy (non-hydrogen) atoms. The van der Waals surface area contributed by atoms with Crippen molar-refractivity contribution in [1.29, 1.82) is 0 Å². The maximum atomic E-state index is 10.3. The van der Waals surface area contributed by atoms with Crippen molar-refractivity contribution < 1.29 is 9.84 Å². The molecule has 0 aromatic heterocycles. The Kier molecular flexibility index (Phi) is 4.12. The molecule has 0 bridgehead atoms. The van der Waals surface area contributed by atoms with Crippen molar-refractivity contribution in [3.63, 3.8) is 0 Å². The smallest absolute Gasteiger partial charge is 0.122 e. The summed E-state index contributed by atoms with van der Waals surface area (Å²) < 4.78 is 5.38. The fourth-order valence-corrected chi connectivity index (χ4v) is 2.71. The topological polar surface area (TPSA) is 41.5 Å². The maximum absolute atomic E-state index is 10.3. The molecular formula is C15H23NO2. The van der Waals surface area contributed by atoms with Crippen molar-refractivity contribution in [1.82, 2.24) is 5.32 Å². The quantitative estimate of drug-likeness (QED) is 0.865. The predicted octanol–water partition coefficient (Wildman–Crippen LogP) is 2.56. The van der Waals surface area contributed by atoms with Crippen LogP contribution in [0.5, 0.6) is 11.5 Å². The van der Waals surface area contributed by atoms with Gasteiger partial charge in [-0.25, -0.2) is 0 Å². The molecule has 1 aliphatic rings. The van der Waals surface area contributed by atoms with Crippen molar-refractivity contribution in [3.8, 4) is 11.5 Å². The normalized spacial score (nSPS) is 19.8. The average molecular weight is 249 g/mol. The van der Waals surface area contributed by atoms with Crippen LogP contribution in [0.3, 0.4) is 0 Å². The monoisotopic (exact) mass is 249 g/mol. The third-order valence-corrected chi connectivity index (χ3v) is 4.02. The number of phenols is 1. The van der Waals surface area contributed by atoms with Gasteiger partial charge < -0.3 is 15.2 Å². The van der Waals surface area contributed by atoms with Crippen LogP contribution in [0.4, 0.5) is 0 Å². The lowest BCUT2D eigenvalue weighted by atomic mass is 9.90. The van der Waals surface area contributed by atoms with Crippen LogP contribution in [0.1, 0.15) is 29.5 Å². The summed E-state index contributed by atoms with van der Waals surface area (Å²) >= 11 is 0. The summed E-state index contributed by atoms with van der Waals surface area (Å²) in [7, 11) is 1.69. The lowest BCUT2D eigenvalue weighted by molar-refractivity contribution is 0.366. The molecule has 1 atom stereocenters. The molecule has 3 nitrogen and oxygen atoms in total. The van der Waals surface area contributed by atoms with Gasteiger partial charge in [0.15, 0.2) is 0 Å². The van der Waals surface area contributed by atoms with E-state index in [2.05, 4.69) is 5.32 Å². The second-order valence-corrected chi connectivity index (χ2v) is 5.25. The minimum absolute atomic E-state index is 0.443. The SMILES string of the molecule is COc1cc(CC2CCCNC2)c(O)c(C)c1C. The van der Waals surface area contributed by atoms with E-state index in [1.807, 2.05) is 19.9 Å². The van der Waals surface area contributed by atoms with Crippen molar-refractivity contribution in [2.45, 2.75) is 33.1 Å². The van der Waals surface area contributed by atoms with Crippen molar-refractivity contribution in [3.05, 3.63) is 22.8 Å². The maximum Gasteiger partial charge on any atom is 0.122 e. The second kappa shape index (κ2) is 5.61. The van der Waals surface area contributed by atoms with Crippen LogP contribution in [0.15, 0.2) is 6.07 Å². The van der Waals surface area contributed by atoms with Gasteiger partial charge in [-0.3, -0.25) is 0 Å². The molecule has 1 unspecified atom stereocenters. The number of methoxy groups -OCH3 is 1. The number of nitrogens with one attached hydrogen (secondary N) is 1. The molecule has 0 saturated carbocycles. The van der Waals surface area contributed by atoms with Gasteiger partial charge in [-0.05, 0) is 74.9 Å². The van der Waals surface area contributed by atoms with E-state index in [4.69, 9.17) is 4.74 Å². The van der Waals surface area contributed by atoms with E-state index in [1.54, 1.807) is 7.11 Å². The Labute approximate surface area is 109 Å². The summed E-state index contributed by atoms with van der Waals surface area (Å²) in [5, 5.41) is 13.7. The van der Waals surface area contributed by atoms with Crippen LogP contribution in [-0.4, -0.2) is 25.3 Å². The van der Waals surface area contributed by atoms with E-state index in [1.165, 1.54) is 12.8 Å². The zero-order chi connectivity index (χ0) is 13.1. The van der Waals surface area contributed by atoms with Gasteiger partial charge >= 0.3 is 0 Å². The van der Waals surface area contributed by atoms with Crippen molar-refractivity contribution >= 4 is 0 Å². The van der Waals surface area contributed by atoms with E-state index in [0.717, 1.165) is 42.0 Å². The summed E-state index contributed by atoms with van der Waals surface area (Å²) in [6, 6.07) is 1.99. The highest BCUT2D eigenvalue weighted by Gasteiger charge is 2.18. The van der Waals surface area contributed by atoms with Crippen LogP contribution in [0.2, 0.25) is 0 Å². The summed E-state index contributed by atoms with van der Waals surface area (Å²) in [4.78, 5) is 0. The van der Waals surface area contributed by atoms with Crippen LogP contribution < -0.4 is 10.1 Å². The molecule has 0 radical (unpaired) electrons. The van der Waals surface area contributed by atoms with Gasteiger partial charge in [0, 0.05) is 0 Å². The van der Waals surface area contributed by atoms with E-state index < -0.39 is 0 Å². The summed E-state index contributed by atoms with van der Waals surface area (Å²) in [5.74, 6) is 1.94. The Hall–Kier alpha value is -1.22. The first-order chi connectivity index (χ1) is 8.63. The van der Waals surface area contributed by atoms with E-state index >= 15 is 0 Å². The molecule has 0 aliphatic carbocycles. The minimum Gasteiger partial charge on any atom is -0.507 e. The summed E-state index contributed by atoms with van der Waals surface area (Å²) in [6.45, 7) is 6.11. The number of benzene rings is 1. The Balaban J connectivity index is 2.23. The molecular weight excluding hydrogens is 226 g/mol. The number of aromatic hydroxyl groups is 1. The second-order valence-electron chi connectivity index (χ2n) is 5.25.